The van der Waals surface area contributed by atoms with Gasteiger partial charge in [0.15, 0.2) is 0 Å². The summed E-state index contributed by atoms with van der Waals surface area (Å²) in [7, 11) is 0. The lowest BCUT2D eigenvalue weighted by Crippen LogP contribution is -2.21. The van der Waals surface area contributed by atoms with E-state index >= 15 is 0 Å². The number of carboxylic acids is 1. The van der Waals surface area contributed by atoms with Gasteiger partial charge in [-0.2, -0.15) is 0 Å². The highest BCUT2D eigenvalue weighted by Crippen LogP contribution is 2.27. The second-order valence-electron chi connectivity index (χ2n) is 5.02. The number of nitrogens with zero attached hydrogens (tertiary/aromatic N) is 1. The number of hydrogen-bond donors (Lipinski definition) is 0. The number of carboxylic acid groups (broad SMARTS) is 1. The molecule has 0 fully saturated rings. The van der Waals surface area contributed by atoms with Gasteiger partial charge in [-0.25, -0.2) is 4.98 Å². The second-order valence-corrected chi connectivity index (χ2v) is 6.02. The first-order valence-electron chi connectivity index (χ1n) is 7.09. The van der Waals surface area contributed by atoms with E-state index in [0.717, 1.165) is 28.2 Å². The molecule has 0 atom stereocenters. The van der Waals surface area contributed by atoms with Crippen LogP contribution in [0.4, 0.5) is 0 Å². The first kappa shape index (κ1) is 15.2. The second kappa shape index (κ2) is 6.62. The molecule has 0 spiro atoms. The van der Waals surface area contributed by atoms with E-state index in [9.17, 15) is 9.90 Å². The molecule has 0 aliphatic carbocycles. The number of thiazole rings is 1. The molecule has 4 nitrogen and oxygen atoms in total. The van der Waals surface area contributed by atoms with Crippen molar-refractivity contribution in [1.82, 2.24) is 4.98 Å². The van der Waals surface area contributed by atoms with E-state index in [-0.39, 0.29) is 4.88 Å². The van der Waals surface area contributed by atoms with E-state index in [2.05, 4.69) is 4.98 Å². The van der Waals surface area contributed by atoms with Crippen molar-refractivity contribution in [3.63, 3.8) is 0 Å². The zero-order chi connectivity index (χ0) is 16.2. The van der Waals surface area contributed by atoms with Crippen LogP contribution in [0.2, 0.25) is 0 Å². The zero-order valence-electron chi connectivity index (χ0n) is 12.5. The van der Waals surface area contributed by atoms with Gasteiger partial charge in [0.05, 0.1) is 16.5 Å². The fraction of sp³-hybridized carbons (Fsp3) is 0.111. The van der Waals surface area contributed by atoms with Gasteiger partial charge >= 0.3 is 0 Å². The Bertz CT molecular complexity index is 810. The topological polar surface area (TPSA) is 62.2 Å². The molecule has 23 heavy (non-hydrogen) atoms. The number of benzene rings is 2. The van der Waals surface area contributed by atoms with Gasteiger partial charge in [-0.15, -0.1) is 11.3 Å². The lowest BCUT2D eigenvalue weighted by atomic mass is 10.1. The number of carbonyl (C=O) groups is 1. The third-order valence-corrected chi connectivity index (χ3v) is 4.52. The molecule has 116 valence electrons. The predicted molar refractivity (Wildman–Crippen MR) is 87.4 cm³/mol. The molecule has 2 aromatic carbocycles. The van der Waals surface area contributed by atoms with Crippen LogP contribution in [-0.4, -0.2) is 11.0 Å². The Morgan fingerprint density at radius 2 is 1.83 bits per heavy atom. The molecule has 1 heterocycles. The fourth-order valence-electron chi connectivity index (χ4n) is 2.14. The lowest BCUT2D eigenvalue weighted by molar-refractivity contribution is -0.254. The summed E-state index contributed by atoms with van der Waals surface area (Å²) in [4.78, 5) is 15.5. The summed E-state index contributed by atoms with van der Waals surface area (Å²) >= 11 is 1.13. The van der Waals surface area contributed by atoms with E-state index in [1.54, 1.807) is 6.92 Å². The molecule has 1 aromatic heterocycles. The summed E-state index contributed by atoms with van der Waals surface area (Å²) in [5.41, 5.74) is 2.40. The SMILES string of the molecule is Cc1nc(-c2ccc(COc3ccccc3)cc2)sc1C(=O)[O-]. The average molecular weight is 324 g/mol. The predicted octanol–water partition coefficient (Wildman–Crippen LogP) is 3.06. The molecule has 0 saturated carbocycles. The van der Waals surface area contributed by atoms with E-state index in [1.165, 1.54) is 0 Å². The maximum atomic E-state index is 11.0. The number of para-hydroxylation sites is 1. The number of aromatic carboxylic acids is 1. The molecule has 3 rings (SSSR count). The van der Waals surface area contributed by atoms with Crippen LogP contribution in [-0.2, 0) is 6.61 Å². The lowest BCUT2D eigenvalue weighted by Gasteiger charge is -2.06. The van der Waals surface area contributed by atoms with Crippen LogP contribution in [0.5, 0.6) is 5.75 Å². The zero-order valence-corrected chi connectivity index (χ0v) is 13.3. The Kier molecular flexibility index (Phi) is 4.39. The van der Waals surface area contributed by atoms with Crippen LogP contribution in [0.3, 0.4) is 0 Å². The van der Waals surface area contributed by atoms with Gasteiger partial charge in [-0.05, 0) is 24.6 Å². The van der Waals surface area contributed by atoms with Crippen molar-refractivity contribution in [1.29, 1.82) is 0 Å². The molecule has 5 heteroatoms. The van der Waals surface area contributed by atoms with Crippen LogP contribution in [0, 0.1) is 6.92 Å². The molecule has 0 radical (unpaired) electrons. The van der Waals surface area contributed by atoms with Crippen molar-refractivity contribution in [2.24, 2.45) is 0 Å². The Morgan fingerprint density at radius 1 is 1.13 bits per heavy atom. The summed E-state index contributed by atoms with van der Waals surface area (Å²) in [5, 5.41) is 11.7. The number of ether oxygens (including phenoxy) is 1. The van der Waals surface area contributed by atoms with Crippen LogP contribution in [0.15, 0.2) is 54.6 Å². The molecule has 0 N–H and O–H groups in total. The third kappa shape index (κ3) is 3.57. The maximum absolute atomic E-state index is 11.0. The third-order valence-electron chi connectivity index (χ3n) is 3.33. The van der Waals surface area contributed by atoms with Crippen molar-refractivity contribution in [2.45, 2.75) is 13.5 Å². The van der Waals surface area contributed by atoms with Crippen molar-refractivity contribution < 1.29 is 14.6 Å². The summed E-state index contributed by atoms with van der Waals surface area (Å²) in [6.45, 7) is 2.15. The highest BCUT2D eigenvalue weighted by atomic mass is 32.1. The number of aromatic nitrogens is 1. The minimum absolute atomic E-state index is 0.177. The van der Waals surface area contributed by atoms with E-state index in [0.29, 0.717) is 17.3 Å². The standard InChI is InChI=1S/C18H15NO3S/c1-12-16(18(20)21)23-17(19-12)14-9-7-13(8-10-14)11-22-15-5-3-2-4-6-15/h2-10H,11H2,1H3,(H,20,21)/p-1. The number of rotatable bonds is 5. The first-order chi connectivity index (χ1) is 11.1. The number of aryl methyl sites for hydroxylation is 1. The minimum atomic E-state index is -1.18. The van der Waals surface area contributed by atoms with Crippen molar-refractivity contribution in [2.75, 3.05) is 0 Å². The minimum Gasteiger partial charge on any atom is -0.544 e. The summed E-state index contributed by atoms with van der Waals surface area (Å²) in [6.07, 6.45) is 0. The summed E-state index contributed by atoms with van der Waals surface area (Å²) in [5.74, 6) is -0.357. The van der Waals surface area contributed by atoms with Gasteiger partial charge in [0.1, 0.15) is 17.4 Å². The summed E-state index contributed by atoms with van der Waals surface area (Å²) < 4.78 is 5.69. The number of hydrogen-bond acceptors (Lipinski definition) is 5. The van der Waals surface area contributed by atoms with Crippen molar-refractivity contribution in [3.05, 3.63) is 70.7 Å². The normalized spacial score (nSPS) is 10.5. The van der Waals surface area contributed by atoms with Crippen LogP contribution < -0.4 is 9.84 Å². The molecular formula is C18H14NO3S-. The quantitative estimate of drug-likeness (QED) is 0.723. The van der Waals surface area contributed by atoms with Crippen LogP contribution in [0.25, 0.3) is 10.6 Å². The van der Waals surface area contributed by atoms with E-state index < -0.39 is 5.97 Å². The van der Waals surface area contributed by atoms with Gasteiger partial charge in [0.2, 0.25) is 0 Å². The van der Waals surface area contributed by atoms with Crippen molar-refractivity contribution >= 4 is 17.3 Å². The Morgan fingerprint density at radius 3 is 2.43 bits per heavy atom. The maximum Gasteiger partial charge on any atom is 0.124 e. The van der Waals surface area contributed by atoms with Crippen LogP contribution in [0.1, 0.15) is 20.9 Å². The molecule has 0 amide bonds. The monoisotopic (exact) mass is 324 g/mol. The smallest absolute Gasteiger partial charge is 0.124 e. The van der Waals surface area contributed by atoms with Crippen molar-refractivity contribution in [3.8, 4) is 16.3 Å². The van der Waals surface area contributed by atoms with Crippen LogP contribution >= 0.6 is 11.3 Å². The van der Waals surface area contributed by atoms with E-state index in [1.807, 2.05) is 54.6 Å². The largest absolute Gasteiger partial charge is 0.544 e. The van der Waals surface area contributed by atoms with Gasteiger partial charge in [0.25, 0.3) is 0 Å². The van der Waals surface area contributed by atoms with Gasteiger partial charge in [0, 0.05) is 5.56 Å². The first-order valence-corrected chi connectivity index (χ1v) is 7.91. The molecule has 0 unspecified atom stereocenters. The highest BCUT2D eigenvalue weighted by Gasteiger charge is 2.10. The Labute approximate surface area is 138 Å². The molecule has 0 bridgehead atoms. The average Bonchev–Trinajstić information content (AvgIpc) is 2.96. The summed E-state index contributed by atoms with van der Waals surface area (Å²) in [6, 6.07) is 17.4. The molecule has 0 aliphatic rings. The molecular weight excluding hydrogens is 310 g/mol. The Hall–Kier alpha value is -2.66. The van der Waals surface area contributed by atoms with Gasteiger partial charge in [-0.3, -0.25) is 0 Å². The highest BCUT2D eigenvalue weighted by molar-refractivity contribution is 7.17. The molecule has 0 saturated heterocycles. The van der Waals surface area contributed by atoms with Gasteiger partial charge in [-0.1, -0.05) is 42.5 Å². The molecule has 0 aliphatic heterocycles. The molecule has 3 aromatic rings. The Balaban J connectivity index is 1.72. The fourth-order valence-corrected chi connectivity index (χ4v) is 3.04. The van der Waals surface area contributed by atoms with E-state index in [4.69, 9.17) is 4.74 Å². The van der Waals surface area contributed by atoms with Gasteiger partial charge < -0.3 is 14.6 Å². The number of carbonyl (C=O) groups excluding carboxylic acids is 1.